The van der Waals surface area contributed by atoms with Crippen LogP contribution in [0.1, 0.15) is 16.7 Å². The predicted molar refractivity (Wildman–Crippen MR) is 114 cm³/mol. The van der Waals surface area contributed by atoms with E-state index >= 15 is 0 Å². The lowest BCUT2D eigenvalue weighted by Gasteiger charge is -2.34. The third-order valence-electron chi connectivity index (χ3n) is 4.82. The first-order valence-corrected chi connectivity index (χ1v) is 9.73. The van der Waals surface area contributed by atoms with Crippen molar-refractivity contribution in [2.45, 2.75) is 13.0 Å². The van der Waals surface area contributed by atoms with Gasteiger partial charge in [-0.05, 0) is 29.2 Å². The summed E-state index contributed by atoms with van der Waals surface area (Å²) in [5, 5.41) is 4.09. The smallest absolute Gasteiger partial charge is 0.254 e. The van der Waals surface area contributed by atoms with Crippen molar-refractivity contribution >= 4 is 12.1 Å². The van der Waals surface area contributed by atoms with E-state index in [0.29, 0.717) is 6.54 Å². The van der Waals surface area contributed by atoms with Gasteiger partial charge in [0, 0.05) is 32.7 Å². The van der Waals surface area contributed by atoms with Crippen LogP contribution in [0, 0.1) is 0 Å². The molecule has 1 N–H and O–H groups in total. The topological polar surface area (TPSA) is 47.9 Å². The van der Waals surface area contributed by atoms with E-state index in [4.69, 9.17) is 0 Å². The number of allylic oxidation sites excluding steroid dienone is 1. The van der Waals surface area contributed by atoms with Crippen molar-refractivity contribution in [2.75, 3.05) is 32.7 Å². The highest BCUT2D eigenvalue weighted by molar-refractivity contribution is 5.83. The number of rotatable bonds is 8. The number of hydrazone groups is 1. The molecule has 0 bridgehead atoms. The molecule has 0 saturated carbocycles. The number of hydrogen-bond acceptors (Lipinski definition) is 4. The molecule has 5 nitrogen and oxygen atoms in total. The zero-order valence-corrected chi connectivity index (χ0v) is 16.3. The summed E-state index contributed by atoms with van der Waals surface area (Å²) in [6, 6.07) is 18.6. The monoisotopic (exact) mass is 376 g/mol. The molecule has 1 heterocycles. The van der Waals surface area contributed by atoms with Crippen LogP contribution in [0.15, 0.2) is 72.4 Å². The highest BCUT2D eigenvalue weighted by Gasteiger charge is 2.18. The van der Waals surface area contributed by atoms with Crippen molar-refractivity contribution in [1.29, 1.82) is 0 Å². The molecule has 1 saturated heterocycles. The van der Waals surface area contributed by atoms with Crippen molar-refractivity contribution in [3.63, 3.8) is 0 Å². The fraction of sp³-hybridized carbons (Fsp3) is 0.304. The molecule has 146 valence electrons. The number of carbonyl (C=O) groups excluding carboxylic acids is 1. The maximum absolute atomic E-state index is 12.2. The Kier molecular flexibility index (Phi) is 7.53. The summed E-state index contributed by atoms with van der Waals surface area (Å²) in [6.45, 7) is 8.84. The fourth-order valence-electron chi connectivity index (χ4n) is 3.33. The molecule has 1 fully saturated rings. The molecule has 1 aliphatic rings. The molecule has 5 heteroatoms. The highest BCUT2D eigenvalue weighted by Crippen LogP contribution is 2.08. The van der Waals surface area contributed by atoms with Crippen molar-refractivity contribution in [2.24, 2.45) is 5.10 Å². The van der Waals surface area contributed by atoms with Gasteiger partial charge < -0.3 is 0 Å². The summed E-state index contributed by atoms with van der Waals surface area (Å²) in [7, 11) is 0. The Morgan fingerprint density at radius 1 is 1.00 bits per heavy atom. The molecule has 1 aliphatic heterocycles. The normalized spacial score (nSPS) is 15.6. The van der Waals surface area contributed by atoms with E-state index in [-0.39, 0.29) is 5.91 Å². The van der Waals surface area contributed by atoms with Gasteiger partial charge in [0.1, 0.15) is 0 Å². The highest BCUT2D eigenvalue weighted by atomic mass is 16.2. The van der Waals surface area contributed by atoms with Gasteiger partial charge >= 0.3 is 0 Å². The number of hydrogen-bond donors (Lipinski definition) is 1. The average molecular weight is 377 g/mol. The summed E-state index contributed by atoms with van der Waals surface area (Å²) in [4.78, 5) is 16.8. The van der Waals surface area contributed by atoms with E-state index in [2.05, 4.69) is 57.2 Å². The molecule has 0 unspecified atom stereocenters. The lowest BCUT2D eigenvalue weighted by Crippen LogP contribution is -2.48. The minimum Gasteiger partial charge on any atom is -0.297 e. The van der Waals surface area contributed by atoms with Gasteiger partial charge in [-0.25, -0.2) is 5.43 Å². The molecule has 0 radical (unpaired) electrons. The van der Waals surface area contributed by atoms with Crippen LogP contribution in [-0.4, -0.2) is 54.6 Å². The standard InChI is InChI=1S/C23H28N4O/c1-2-7-20-10-6-11-22(16-20)17-24-25-23(28)19-27-14-12-26(13-15-27)18-21-8-4-3-5-9-21/h2-6,8-11,16-17H,1,7,12-15,18-19H2,(H,25,28)/b24-17+. The van der Waals surface area contributed by atoms with Crippen molar-refractivity contribution < 1.29 is 4.79 Å². The first-order chi connectivity index (χ1) is 13.7. The molecule has 28 heavy (non-hydrogen) atoms. The van der Waals surface area contributed by atoms with Gasteiger partial charge in [0.05, 0.1) is 12.8 Å². The Morgan fingerprint density at radius 3 is 2.46 bits per heavy atom. The summed E-state index contributed by atoms with van der Waals surface area (Å²) < 4.78 is 0. The summed E-state index contributed by atoms with van der Waals surface area (Å²) in [5.74, 6) is -0.0741. The summed E-state index contributed by atoms with van der Waals surface area (Å²) >= 11 is 0. The van der Waals surface area contributed by atoms with E-state index < -0.39 is 0 Å². The minimum absolute atomic E-state index is 0.0741. The lowest BCUT2D eigenvalue weighted by molar-refractivity contribution is -0.122. The van der Waals surface area contributed by atoms with Crippen molar-refractivity contribution in [1.82, 2.24) is 15.2 Å². The summed E-state index contributed by atoms with van der Waals surface area (Å²) in [5.41, 5.74) is 6.12. The third-order valence-corrected chi connectivity index (χ3v) is 4.82. The van der Waals surface area contributed by atoms with Gasteiger partial charge in [0.15, 0.2) is 0 Å². The maximum Gasteiger partial charge on any atom is 0.254 e. The second kappa shape index (κ2) is 10.5. The zero-order valence-electron chi connectivity index (χ0n) is 16.3. The second-order valence-electron chi connectivity index (χ2n) is 7.07. The Bertz CT molecular complexity index is 795. The van der Waals surface area contributed by atoms with Crippen molar-refractivity contribution in [3.05, 3.63) is 83.9 Å². The molecule has 1 amide bonds. The molecule has 2 aromatic rings. The molecule has 2 aromatic carbocycles. The largest absolute Gasteiger partial charge is 0.297 e. The number of nitrogens with zero attached hydrogens (tertiary/aromatic N) is 3. The van der Waals surface area contributed by atoms with Crippen LogP contribution in [0.3, 0.4) is 0 Å². The molecule has 3 rings (SSSR count). The van der Waals surface area contributed by atoms with E-state index in [1.165, 1.54) is 11.1 Å². The summed E-state index contributed by atoms with van der Waals surface area (Å²) in [6.07, 6.45) is 4.38. The number of piperazine rings is 1. The van der Waals surface area contributed by atoms with Gasteiger partial charge in [-0.3, -0.25) is 14.6 Å². The molecule has 0 spiro atoms. The van der Waals surface area contributed by atoms with Crippen LogP contribution in [0.25, 0.3) is 0 Å². The number of benzene rings is 2. The molecule has 0 aromatic heterocycles. The number of nitrogens with one attached hydrogen (secondary N) is 1. The second-order valence-corrected chi connectivity index (χ2v) is 7.07. The van der Waals surface area contributed by atoms with Crippen LogP contribution >= 0.6 is 0 Å². The van der Waals surface area contributed by atoms with E-state index in [1.54, 1.807) is 6.21 Å². The minimum atomic E-state index is -0.0741. The Hall–Kier alpha value is -2.76. The van der Waals surface area contributed by atoms with Crippen molar-refractivity contribution in [3.8, 4) is 0 Å². The molecular formula is C23H28N4O. The SMILES string of the molecule is C=CCc1cccc(/C=N/NC(=O)CN2CCN(Cc3ccccc3)CC2)c1. The van der Waals surface area contributed by atoms with Gasteiger partial charge in [-0.2, -0.15) is 5.10 Å². The average Bonchev–Trinajstić information content (AvgIpc) is 2.71. The Balaban J connectivity index is 1.38. The van der Waals surface area contributed by atoms with Gasteiger partial charge in [0.2, 0.25) is 0 Å². The zero-order chi connectivity index (χ0) is 19.6. The fourth-order valence-corrected chi connectivity index (χ4v) is 3.33. The molecule has 0 aliphatic carbocycles. The van der Waals surface area contributed by atoms with Crippen LogP contribution in [0.4, 0.5) is 0 Å². The molecule has 0 atom stereocenters. The Labute approximate surface area is 167 Å². The van der Waals surface area contributed by atoms with Crippen LogP contribution < -0.4 is 5.43 Å². The molecular weight excluding hydrogens is 348 g/mol. The first-order valence-electron chi connectivity index (χ1n) is 9.73. The third kappa shape index (κ3) is 6.44. The van der Waals surface area contributed by atoms with Crippen LogP contribution in [0.2, 0.25) is 0 Å². The van der Waals surface area contributed by atoms with Gasteiger partial charge in [-0.15, -0.1) is 6.58 Å². The van der Waals surface area contributed by atoms with Crippen LogP contribution in [0.5, 0.6) is 0 Å². The van der Waals surface area contributed by atoms with E-state index in [0.717, 1.165) is 44.7 Å². The van der Waals surface area contributed by atoms with Gasteiger partial charge in [0.25, 0.3) is 5.91 Å². The number of amides is 1. The quantitative estimate of drug-likeness (QED) is 0.438. The maximum atomic E-state index is 12.2. The van der Waals surface area contributed by atoms with E-state index in [9.17, 15) is 4.79 Å². The van der Waals surface area contributed by atoms with Gasteiger partial charge in [-0.1, -0.05) is 54.6 Å². The Morgan fingerprint density at radius 2 is 1.71 bits per heavy atom. The first kappa shape index (κ1) is 20.0. The predicted octanol–water partition coefficient (Wildman–Crippen LogP) is 2.68. The number of carbonyl (C=O) groups is 1. The van der Waals surface area contributed by atoms with Crippen LogP contribution in [-0.2, 0) is 17.8 Å². The van der Waals surface area contributed by atoms with E-state index in [1.807, 2.05) is 30.3 Å². The lowest BCUT2D eigenvalue weighted by atomic mass is 10.1.